The van der Waals surface area contributed by atoms with E-state index in [9.17, 15) is 48.0 Å². The molecule has 0 atom stereocenters. The van der Waals surface area contributed by atoms with Crippen molar-refractivity contribution in [3.05, 3.63) is 117 Å². The average Bonchev–Trinajstić information content (AvgIpc) is 3.83. The van der Waals surface area contributed by atoms with E-state index in [1.165, 1.54) is 21.1 Å². The smallest absolute Gasteiger partial charge is 0.296 e. The van der Waals surface area contributed by atoms with Crippen LogP contribution in [0.3, 0.4) is 0 Å². The van der Waals surface area contributed by atoms with Crippen molar-refractivity contribution in [1.29, 1.82) is 5.26 Å². The Labute approximate surface area is 415 Å². The SMILES string of the molecule is Cc1cc(C)c(Nc2nc(N(c3c(C)cc(C)cc3C)S(C)(=O)=O)cc(C)c2N=Nc2c(C#N)c(C(C)(C)C)nn2-c2nc3ccc(S(=O)(=O)Nc4cc(S(=O)(=O)O)ccc4S(=O)(=O)O)cc3s2)c(C)c1. The van der Waals surface area contributed by atoms with Crippen LogP contribution in [0.1, 0.15) is 71.0 Å². The molecule has 0 saturated heterocycles. The lowest BCUT2D eigenvalue weighted by Gasteiger charge is -2.27. The molecule has 0 spiro atoms. The highest BCUT2D eigenvalue weighted by Crippen LogP contribution is 2.42. The molecule has 7 rings (SSSR count). The van der Waals surface area contributed by atoms with Crippen molar-refractivity contribution < 1.29 is 42.8 Å². The summed E-state index contributed by atoms with van der Waals surface area (Å²) in [6.45, 7) is 18.6. The van der Waals surface area contributed by atoms with Gasteiger partial charge in [-0.2, -0.15) is 31.9 Å². The van der Waals surface area contributed by atoms with Crippen LogP contribution in [0.4, 0.5) is 40.2 Å². The van der Waals surface area contributed by atoms with Crippen LogP contribution in [-0.4, -0.2) is 68.8 Å². The predicted octanol–water partition coefficient (Wildman–Crippen LogP) is 9.76. The Morgan fingerprint density at radius 3 is 1.87 bits per heavy atom. The summed E-state index contributed by atoms with van der Waals surface area (Å²) in [5.74, 6) is 0.174. The number of nitrogens with zero attached hydrogens (tertiary/aromatic N) is 8. The summed E-state index contributed by atoms with van der Waals surface area (Å²) in [6.07, 6.45) is 1.10. The van der Waals surface area contributed by atoms with E-state index in [0.29, 0.717) is 52.0 Å². The topological polar surface area (TPSA) is 296 Å². The molecule has 0 saturated carbocycles. The molecule has 0 aliphatic carbocycles. The Balaban J connectivity index is 1.39. The number of pyridine rings is 1. The van der Waals surface area contributed by atoms with E-state index in [0.717, 1.165) is 45.9 Å². The van der Waals surface area contributed by atoms with Gasteiger partial charge >= 0.3 is 0 Å². The summed E-state index contributed by atoms with van der Waals surface area (Å²) < 4.78 is 127. The first-order chi connectivity index (χ1) is 32.8. The number of azo groups is 1. The maximum atomic E-state index is 13.8. The minimum Gasteiger partial charge on any atom is -0.338 e. The van der Waals surface area contributed by atoms with Gasteiger partial charge in [-0.1, -0.05) is 67.5 Å². The second-order valence-corrected chi connectivity index (χ2v) is 25.4. The lowest BCUT2D eigenvalue weighted by molar-refractivity contribution is 0.479. The normalized spacial score (nSPS) is 12.7. The van der Waals surface area contributed by atoms with Crippen molar-refractivity contribution in [3.63, 3.8) is 0 Å². The van der Waals surface area contributed by atoms with Gasteiger partial charge in [-0.15, -0.1) is 10.2 Å². The van der Waals surface area contributed by atoms with E-state index >= 15 is 0 Å². The second-order valence-electron chi connectivity index (χ2n) is 18.0. The first-order valence-electron chi connectivity index (χ1n) is 21.2. The highest BCUT2D eigenvalue weighted by atomic mass is 32.2. The van der Waals surface area contributed by atoms with E-state index in [1.54, 1.807) is 13.0 Å². The molecular formula is C46H48N10O10S5. The molecule has 4 aromatic carbocycles. The van der Waals surface area contributed by atoms with Crippen molar-refractivity contribution in [2.75, 3.05) is 20.6 Å². The molecule has 0 unspecified atom stereocenters. The standard InChI is InChI=1S/C46H48N10O10S5/c1-24-16-26(3)39(27(4)17-24)50-43-40(28(5)20-38(49-43)56(68(11,57)58)41-29(6)18-25(2)19-30(41)7)51-52-44-33(23-47)42(46(8,9)10)53-55(44)45-48-34-14-12-31(22-36(34)67-45)69(59,60)54-35-21-32(70(61,62)63)13-15-37(35)71(64,65)66/h12-22,54H,1-11H3,(H,49,50)(H,61,62,63)(H,64,65,66). The van der Waals surface area contributed by atoms with Crippen LogP contribution in [0, 0.1) is 59.8 Å². The fraction of sp³-hybridized carbons (Fsp3) is 0.261. The fourth-order valence-corrected chi connectivity index (χ4v) is 12.5. The summed E-state index contributed by atoms with van der Waals surface area (Å²) in [5, 5.41) is 28.4. The van der Waals surface area contributed by atoms with Crippen LogP contribution in [0.5, 0.6) is 0 Å². The van der Waals surface area contributed by atoms with Gasteiger partial charge in [0.1, 0.15) is 28.0 Å². The number of aromatic nitrogens is 4. The number of fused-ring (bicyclic) bond motifs is 1. The minimum absolute atomic E-state index is 0.0466. The zero-order chi connectivity index (χ0) is 52.5. The number of nitrogens with one attached hydrogen (secondary N) is 2. The molecule has 0 bridgehead atoms. The zero-order valence-corrected chi connectivity index (χ0v) is 44.2. The first-order valence-corrected chi connectivity index (χ1v) is 28.2. The number of nitriles is 1. The third-order valence-electron chi connectivity index (χ3n) is 11.0. The number of hydrogen-bond donors (Lipinski definition) is 4. The molecule has 25 heteroatoms. The number of sulfonamides is 2. The number of anilines is 5. The molecule has 0 amide bonds. The Morgan fingerprint density at radius 1 is 0.732 bits per heavy atom. The molecule has 71 heavy (non-hydrogen) atoms. The van der Waals surface area contributed by atoms with E-state index in [2.05, 4.69) is 21.5 Å². The monoisotopic (exact) mass is 1060 g/mol. The summed E-state index contributed by atoms with van der Waals surface area (Å²) in [5.41, 5.74) is 5.98. The highest BCUT2D eigenvalue weighted by molar-refractivity contribution is 7.93. The largest absolute Gasteiger partial charge is 0.338 e. The van der Waals surface area contributed by atoms with Gasteiger partial charge in [-0.05, 0) is 119 Å². The second kappa shape index (κ2) is 18.5. The van der Waals surface area contributed by atoms with Crippen LogP contribution in [-0.2, 0) is 45.7 Å². The Bertz CT molecular complexity index is 3860. The molecule has 0 aliphatic rings. The molecule has 3 aromatic heterocycles. The van der Waals surface area contributed by atoms with Crippen LogP contribution in [0.15, 0.2) is 91.6 Å². The lowest BCUT2D eigenvalue weighted by atomic mass is 9.90. The highest BCUT2D eigenvalue weighted by Gasteiger charge is 2.31. The Hall–Kier alpha value is -6.66. The third-order valence-corrected chi connectivity index (χ3v) is 16.2. The molecule has 372 valence electrons. The number of thiazole rings is 1. The zero-order valence-electron chi connectivity index (χ0n) is 40.1. The van der Waals surface area contributed by atoms with E-state index in [4.69, 9.17) is 15.2 Å². The van der Waals surface area contributed by atoms with Crippen molar-refractivity contribution in [2.45, 2.75) is 89.3 Å². The minimum atomic E-state index is -5.09. The van der Waals surface area contributed by atoms with Crippen LogP contribution in [0.2, 0.25) is 0 Å². The van der Waals surface area contributed by atoms with E-state index in [-0.39, 0.29) is 44.1 Å². The van der Waals surface area contributed by atoms with Crippen LogP contribution >= 0.6 is 11.3 Å². The van der Waals surface area contributed by atoms with Gasteiger partial charge in [0.2, 0.25) is 15.2 Å². The number of aryl methyl sites for hydroxylation is 7. The van der Waals surface area contributed by atoms with Crippen molar-refractivity contribution in [1.82, 2.24) is 19.7 Å². The van der Waals surface area contributed by atoms with Gasteiger partial charge < -0.3 is 5.32 Å². The molecule has 0 fully saturated rings. The quantitative estimate of drug-likeness (QED) is 0.0617. The summed E-state index contributed by atoms with van der Waals surface area (Å²) >= 11 is 0.951. The lowest BCUT2D eigenvalue weighted by Crippen LogP contribution is -2.27. The van der Waals surface area contributed by atoms with Gasteiger partial charge in [0.05, 0.1) is 43.3 Å². The fourth-order valence-electron chi connectivity index (χ4n) is 8.09. The first kappa shape index (κ1) is 52.2. The summed E-state index contributed by atoms with van der Waals surface area (Å²) in [6, 6.07) is 17.1. The molecule has 0 radical (unpaired) electrons. The molecule has 4 N–H and O–H groups in total. The Kier molecular flexibility index (Phi) is 13.6. The molecule has 3 heterocycles. The summed E-state index contributed by atoms with van der Waals surface area (Å²) in [7, 11) is -18.7. The molecule has 20 nitrogen and oxygen atoms in total. The third kappa shape index (κ3) is 10.7. The molecular weight excluding hydrogens is 1010 g/mol. The predicted molar refractivity (Wildman–Crippen MR) is 272 cm³/mol. The number of rotatable bonds is 13. The molecule has 7 aromatic rings. The van der Waals surface area contributed by atoms with E-state index < -0.39 is 66.1 Å². The van der Waals surface area contributed by atoms with Crippen molar-refractivity contribution >= 4 is 102 Å². The summed E-state index contributed by atoms with van der Waals surface area (Å²) in [4.78, 5) is 7.35. The van der Waals surface area contributed by atoms with Crippen molar-refractivity contribution in [2.24, 2.45) is 10.2 Å². The van der Waals surface area contributed by atoms with Gasteiger partial charge in [-0.25, -0.2) is 31.1 Å². The van der Waals surface area contributed by atoms with Crippen LogP contribution < -0.4 is 14.3 Å². The van der Waals surface area contributed by atoms with Crippen molar-refractivity contribution in [3.8, 4) is 11.2 Å². The Morgan fingerprint density at radius 2 is 1.32 bits per heavy atom. The maximum Gasteiger partial charge on any atom is 0.296 e. The van der Waals surface area contributed by atoms with Gasteiger partial charge in [0.25, 0.3) is 30.3 Å². The molecule has 0 aliphatic heterocycles. The van der Waals surface area contributed by atoms with Gasteiger partial charge in [-0.3, -0.25) is 13.8 Å². The number of hydrogen-bond acceptors (Lipinski definition) is 16. The van der Waals surface area contributed by atoms with Gasteiger partial charge in [0, 0.05) is 11.1 Å². The maximum absolute atomic E-state index is 13.8. The number of benzene rings is 4. The average molecular weight is 1060 g/mol. The van der Waals surface area contributed by atoms with E-state index in [1.807, 2.05) is 91.3 Å². The van der Waals surface area contributed by atoms with Gasteiger partial charge in [0.15, 0.2) is 11.6 Å². The van der Waals surface area contributed by atoms with Crippen LogP contribution in [0.25, 0.3) is 15.3 Å².